The molecular formula is C21H20N2O4. The molecule has 1 fully saturated rings. The highest BCUT2D eigenvalue weighted by molar-refractivity contribution is 6.21. The van der Waals surface area contributed by atoms with E-state index in [1.54, 1.807) is 29.2 Å². The molecule has 6 heteroatoms. The van der Waals surface area contributed by atoms with Gasteiger partial charge in [0, 0.05) is 13.1 Å². The number of rotatable bonds is 3. The molecule has 2 aliphatic rings. The predicted octanol–water partition coefficient (Wildman–Crippen LogP) is 3.08. The largest absolute Gasteiger partial charge is 0.445 e. The van der Waals surface area contributed by atoms with E-state index in [0.717, 1.165) is 12.0 Å². The summed E-state index contributed by atoms with van der Waals surface area (Å²) < 4.78 is 5.39. The number of nitrogens with zero attached hydrogens (tertiary/aromatic N) is 2. The van der Waals surface area contributed by atoms with E-state index in [0.29, 0.717) is 30.6 Å². The van der Waals surface area contributed by atoms with Crippen LogP contribution in [0.5, 0.6) is 0 Å². The van der Waals surface area contributed by atoms with E-state index < -0.39 is 6.09 Å². The highest BCUT2D eigenvalue weighted by Gasteiger charge is 2.41. The van der Waals surface area contributed by atoms with Crippen LogP contribution in [0.15, 0.2) is 54.6 Å². The van der Waals surface area contributed by atoms with Gasteiger partial charge in [0.25, 0.3) is 11.8 Å². The van der Waals surface area contributed by atoms with Crippen molar-refractivity contribution in [3.63, 3.8) is 0 Å². The fourth-order valence-electron chi connectivity index (χ4n) is 3.68. The first-order valence-corrected chi connectivity index (χ1v) is 9.07. The summed E-state index contributed by atoms with van der Waals surface area (Å²) in [7, 11) is 0. The summed E-state index contributed by atoms with van der Waals surface area (Å²) in [6, 6.07) is 16.0. The van der Waals surface area contributed by atoms with Gasteiger partial charge in [-0.3, -0.25) is 14.5 Å². The van der Waals surface area contributed by atoms with Gasteiger partial charge in [-0.25, -0.2) is 4.79 Å². The maximum atomic E-state index is 12.7. The topological polar surface area (TPSA) is 66.9 Å². The van der Waals surface area contributed by atoms with E-state index in [9.17, 15) is 14.4 Å². The molecule has 27 heavy (non-hydrogen) atoms. The molecule has 3 amide bonds. The summed E-state index contributed by atoms with van der Waals surface area (Å²) in [6.45, 7) is 1.07. The molecule has 6 nitrogen and oxygen atoms in total. The fourth-order valence-corrected chi connectivity index (χ4v) is 3.68. The smallest absolute Gasteiger partial charge is 0.410 e. The third-order valence-electron chi connectivity index (χ3n) is 5.05. The second-order valence-electron chi connectivity index (χ2n) is 6.81. The van der Waals surface area contributed by atoms with Gasteiger partial charge in [0.1, 0.15) is 6.61 Å². The van der Waals surface area contributed by atoms with Crippen molar-refractivity contribution in [3.05, 3.63) is 71.3 Å². The quantitative estimate of drug-likeness (QED) is 0.785. The highest BCUT2D eigenvalue weighted by atomic mass is 16.6. The minimum Gasteiger partial charge on any atom is -0.445 e. The Morgan fingerprint density at radius 3 is 2.26 bits per heavy atom. The summed E-state index contributed by atoms with van der Waals surface area (Å²) >= 11 is 0. The summed E-state index contributed by atoms with van der Waals surface area (Å²) in [5, 5.41) is 0. The van der Waals surface area contributed by atoms with E-state index in [4.69, 9.17) is 4.74 Å². The van der Waals surface area contributed by atoms with Crippen LogP contribution in [-0.4, -0.2) is 46.8 Å². The molecule has 0 aliphatic carbocycles. The summed E-state index contributed by atoms with van der Waals surface area (Å²) in [4.78, 5) is 40.6. The molecule has 0 radical (unpaired) electrons. The molecule has 0 N–H and O–H groups in total. The van der Waals surface area contributed by atoms with Crippen LogP contribution in [0.25, 0.3) is 0 Å². The van der Waals surface area contributed by atoms with Gasteiger partial charge in [-0.15, -0.1) is 0 Å². The zero-order valence-corrected chi connectivity index (χ0v) is 14.8. The van der Waals surface area contributed by atoms with Gasteiger partial charge in [0.05, 0.1) is 17.2 Å². The zero-order chi connectivity index (χ0) is 18.8. The number of ether oxygens (including phenoxy) is 1. The maximum Gasteiger partial charge on any atom is 0.410 e. The molecule has 2 aromatic rings. The average Bonchev–Trinajstić information content (AvgIpc) is 2.98. The van der Waals surface area contributed by atoms with Crippen LogP contribution < -0.4 is 0 Å². The van der Waals surface area contributed by atoms with Crippen molar-refractivity contribution in [2.45, 2.75) is 25.5 Å². The van der Waals surface area contributed by atoms with Crippen molar-refractivity contribution in [1.82, 2.24) is 9.80 Å². The second-order valence-corrected chi connectivity index (χ2v) is 6.81. The minimum absolute atomic E-state index is 0.202. The van der Waals surface area contributed by atoms with E-state index in [2.05, 4.69) is 0 Å². The summed E-state index contributed by atoms with van der Waals surface area (Å²) in [6.07, 6.45) is 0.993. The lowest BCUT2D eigenvalue weighted by molar-refractivity contribution is 0.0426. The summed E-state index contributed by atoms with van der Waals surface area (Å²) in [5.74, 6) is -0.555. The maximum absolute atomic E-state index is 12.7. The van der Waals surface area contributed by atoms with Gasteiger partial charge in [-0.2, -0.15) is 0 Å². The molecule has 0 spiro atoms. The van der Waals surface area contributed by atoms with Crippen molar-refractivity contribution in [1.29, 1.82) is 0 Å². The van der Waals surface area contributed by atoms with Crippen LogP contribution >= 0.6 is 0 Å². The number of likely N-dealkylation sites (tertiary alicyclic amines) is 1. The van der Waals surface area contributed by atoms with Crippen LogP contribution in [0.3, 0.4) is 0 Å². The molecule has 2 aromatic carbocycles. The molecule has 0 bridgehead atoms. The van der Waals surface area contributed by atoms with Crippen molar-refractivity contribution in [2.75, 3.05) is 13.1 Å². The van der Waals surface area contributed by atoms with Crippen LogP contribution in [0.4, 0.5) is 4.79 Å². The van der Waals surface area contributed by atoms with Crippen LogP contribution in [0.2, 0.25) is 0 Å². The molecule has 4 rings (SSSR count). The number of benzene rings is 2. The Bertz CT molecular complexity index is 846. The molecule has 2 heterocycles. The van der Waals surface area contributed by atoms with Gasteiger partial charge in [-0.05, 0) is 30.5 Å². The number of amides is 3. The minimum atomic E-state index is -0.417. The molecule has 0 aromatic heterocycles. The number of fused-ring (bicyclic) bond motifs is 1. The fraction of sp³-hybridized carbons (Fsp3) is 0.286. The zero-order valence-electron chi connectivity index (χ0n) is 14.8. The van der Waals surface area contributed by atoms with Crippen molar-refractivity contribution < 1.29 is 19.1 Å². The monoisotopic (exact) mass is 364 g/mol. The lowest BCUT2D eigenvalue weighted by Gasteiger charge is -2.36. The number of imide groups is 1. The van der Waals surface area contributed by atoms with Crippen molar-refractivity contribution in [3.8, 4) is 0 Å². The molecule has 1 saturated heterocycles. The predicted molar refractivity (Wildman–Crippen MR) is 98.2 cm³/mol. The van der Waals surface area contributed by atoms with Crippen LogP contribution in [0.1, 0.15) is 39.1 Å². The first-order chi connectivity index (χ1) is 13.1. The van der Waals surface area contributed by atoms with Gasteiger partial charge in [-0.1, -0.05) is 42.5 Å². The van der Waals surface area contributed by atoms with E-state index in [1.807, 2.05) is 30.3 Å². The lowest BCUT2D eigenvalue weighted by atomic mass is 10.0. The van der Waals surface area contributed by atoms with E-state index in [1.165, 1.54) is 4.90 Å². The Labute approximate surface area is 157 Å². The van der Waals surface area contributed by atoms with Gasteiger partial charge in [0.2, 0.25) is 0 Å². The number of hydrogen-bond donors (Lipinski definition) is 0. The van der Waals surface area contributed by atoms with Crippen molar-refractivity contribution >= 4 is 17.9 Å². The molecule has 0 saturated carbocycles. The highest BCUT2D eigenvalue weighted by Crippen LogP contribution is 2.28. The van der Waals surface area contributed by atoms with Crippen molar-refractivity contribution in [2.24, 2.45) is 0 Å². The van der Waals surface area contributed by atoms with Crippen LogP contribution in [-0.2, 0) is 11.3 Å². The first kappa shape index (κ1) is 17.3. The Morgan fingerprint density at radius 1 is 0.963 bits per heavy atom. The van der Waals surface area contributed by atoms with Gasteiger partial charge < -0.3 is 9.64 Å². The first-order valence-electron chi connectivity index (χ1n) is 9.07. The van der Waals surface area contributed by atoms with Gasteiger partial charge >= 0.3 is 6.09 Å². The number of carbonyl (C=O) groups excluding carboxylic acids is 3. The Kier molecular flexibility index (Phi) is 4.62. The third kappa shape index (κ3) is 3.30. The Morgan fingerprint density at radius 2 is 1.59 bits per heavy atom. The number of hydrogen-bond acceptors (Lipinski definition) is 4. The second kappa shape index (κ2) is 7.23. The number of carbonyl (C=O) groups is 3. The standard InChI is InChI=1S/C21H20N2O4/c24-19-17-10-4-5-11-18(17)20(25)23(19)16-9-6-12-22(13-16)21(26)27-14-15-7-2-1-3-8-15/h1-5,7-8,10-11,16H,6,9,12-14H2. The van der Waals surface area contributed by atoms with Gasteiger partial charge in [0.15, 0.2) is 0 Å². The molecule has 1 unspecified atom stereocenters. The van der Waals surface area contributed by atoms with E-state index >= 15 is 0 Å². The summed E-state index contributed by atoms with van der Waals surface area (Å²) in [5.41, 5.74) is 1.79. The SMILES string of the molecule is O=C(OCc1ccccc1)N1CCCC(N2C(=O)c3ccccc3C2=O)C1. The molecular weight excluding hydrogens is 344 g/mol. The van der Waals surface area contributed by atoms with Crippen LogP contribution in [0, 0.1) is 0 Å². The molecule has 1 atom stereocenters. The van der Waals surface area contributed by atoms with E-state index in [-0.39, 0.29) is 24.5 Å². The molecule has 2 aliphatic heterocycles. The normalized spacial score (nSPS) is 19.2. The Hall–Kier alpha value is -3.15. The molecule has 138 valence electrons. The lowest BCUT2D eigenvalue weighted by Crippen LogP contribution is -2.51. The third-order valence-corrected chi connectivity index (χ3v) is 5.05. The average molecular weight is 364 g/mol. The Balaban J connectivity index is 1.42. The number of piperidine rings is 1.